The molecular weight excluding hydrogens is 363 g/mol. The molecule has 0 aliphatic carbocycles. The fraction of sp³-hybridized carbons (Fsp3) is 0.286. The Kier molecular flexibility index (Phi) is 4.27. The molecule has 0 radical (unpaired) electrons. The van der Waals surface area contributed by atoms with Crippen LogP contribution in [0.3, 0.4) is 0 Å². The van der Waals surface area contributed by atoms with Crippen LogP contribution in [0.2, 0.25) is 0 Å². The van der Waals surface area contributed by atoms with Gasteiger partial charge < -0.3 is 4.74 Å². The number of hydrogen-bond acceptors (Lipinski definition) is 5. The van der Waals surface area contributed by atoms with E-state index in [9.17, 15) is 18.8 Å². The molecule has 0 spiro atoms. The Labute approximate surface area is 161 Å². The summed E-state index contributed by atoms with van der Waals surface area (Å²) in [5, 5.41) is 3.03. The molecule has 144 valence electrons. The van der Waals surface area contributed by atoms with E-state index in [1.54, 1.807) is 48.5 Å². The molecule has 2 aliphatic rings. The number of anilines is 1. The largest absolute Gasteiger partial charge is 0.468 e. The summed E-state index contributed by atoms with van der Waals surface area (Å²) in [5.41, 5.74) is -0.796. The smallest absolute Gasteiger partial charge is 0.326 e. The lowest BCUT2D eigenvalue weighted by Crippen LogP contribution is -2.54. The van der Waals surface area contributed by atoms with Crippen LogP contribution in [0.1, 0.15) is 18.5 Å². The minimum absolute atomic E-state index is 0.237. The first kappa shape index (κ1) is 18.3. The summed E-state index contributed by atoms with van der Waals surface area (Å²) in [6.45, 7) is 1.52. The van der Waals surface area contributed by atoms with E-state index >= 15 is 0 Å². The van der Waals surface area contributed by atoms with Crippen molar-refractivity contribution in [1.29, 1.82) is 0 Å². The number of imide groups is 1. The van der Waals surface area contributed by atoms with Crippen molar-refractivity contribution >= 4 is 23.5 Å². The van der Waals surface area contributed by atoms with Gasteiger partial charge in [0, 0.05) is 11.6 Å². The van der Waals surface area contributed by atoms with Gasteiger partial charge in [-0.1, -0.05) is 36.4 Å². The van der Waals surface area contributed by atoms with E-state index in [1.807, 2.05) is 0 Å². The Morgan fingerprint density at radius 3 is 2.36 bits per heavy atom. The standard InChI is InChI=1S/C21H19FN2O4/c1-21(20(27)28-2)16-15(17(23-21)13-10-6-7-11-14(13)22)18(25)24(19(16)26)12-8-4-3-5-9-12/h3-11,15-17,23H,1-2H3/t15-,16+,17-,21-/m1/s1. The summed E-state index contributed by atoms with van der Waals surface area (Å²) in [6, 6.07) is 13.7. The average molecular weight is 382 g/mol. The highest BCUT2D eigenvalue weighted by Crippen LogP contribution is 2.50. The molecule has 28 heavy (non-hydrogen) atoms. The molecule has 0 aromatic heterocycles. The number of fused-ring (bicyclic) bond motifs is 1. The van der Waals surface area contributed by atoms with E-state index < -0.39 is 47.0 Å². The molecule has 2 heterocycles. The molecule has 7 heteroatoms. The van der Waals surface area contributed by atoms with Crippen molar-refractivity contribution in [2.75, 3.05) is 12.0 Å². The molecule has 2 aliphatic heterocycles. The molecule has 4 atom stereocenters. The van der Waals surface area contributed by atoms with Gasteiger partial charge in [-0.3, -0.25) is 19.7 Å². The van der Waals surface area contributed by atoms with Crippen molar-refractivity contribution in [1.82, 2.24) is 5.32 Å². The van der Waals surface area contributed by atoms with Gasteiger partial charge in [0.2, 0.25) is 11.8 Å². The number of amides is 2. The van der Waals surface area contributed by atoms with Crippen LogP contribution in [0.5, 0.6) is 0 Å². The number of rotatable bonds is 3. The first-order valence-corrected chi connectivity index (χ1v) is 8.93. The van der Waals surface area contributed by atoms with Crippen LogP contribution < -0.4 is 10.2 Å². The zero-order chi connectivity index (χ0) is 20.1. The van der Waals surface area contributed by atoms with E-state index in [0.717, 1.165) is 4.90 Å². The van der Waals surface area contributed by atoms with Crippen LogP contribution in [0.4, 0.5) is 10.1 Å². The molecule has 2 amide bonds. The molecule has 6 nitrogen and oxygen atoms in total. The second-order valence-electron chi connectivity index (χ2n) is 7.19. The molecular formula is C21H19FN2O4. The Morgan fingerprint density at radius 2 is 1.71 bits per heavy atom. The number of nitrogens with one attached hydrogen (secondary N) is 1. The second kappa shape index (κ2) is 6.53. The summed E-state index contributed by atoms with van der Waals surface area (Å²) >= 11 is 0. The van der Waals surface area contributed by atoms with Gasteiger partial charge in [0.25, 0.3) is 0 Å². The predicted molar refractivity (Wildman–Crippen MR) is 98.6 cm³/mol. The zero-order valence-corrected chi connectivity index (χ0v) is 15.4. The number of carbonyl (C=O) groups excluding carboxylic acids is 3. The fourth-order valence-corrected chi connectivity index (χ4v) is 4.36. The van der Waals surface area contributed by atoms with E-state index in [-0.39, 0.29) is 5.56 Å². The third kappa shape index (κ3) is 2.46. The van der Waals surface area contributed by atoms with E-state index in [2.05, 4.69) is 5.32 Å². The van der Waals surface area contributed by atoms with Gasteiger partial charge in [0.15, 0.2) is 0 Å². The van der Waals surface area contributed by atoms with Crippen LogP contribution in [0, 0.1) is 17.7 Å². The van der Waals surface area contributed by atoms with Crippen LogP contribution in [0.15, 0.2) is 54.6 Å². The number of esters is 1. The normalized spacial score (nSPS) is 29.1. The van der Waals surface area contributed by atoms with Crippen LogP contribution in [0.25, 0.3) is 0 Å². The highest BCUT2D eigenvalue weighted by molar-refractivity contribution is 6.24. The molecule has 0 unspecified atom stereocenters. The zero-order valence-electron chi connectivity index (χ0n) is 15.4. The molecule has 0 saturated carbocycles. The summed E-state index contributed by atoms with van der Waals surface area (Å²) in [7, 11) is 1.22. The number of methoxy groups -OCH3 is 1. The summed E-state index contributed by atoms with van der Waals surface area (Å²) in [4.78, 5) is 40.2. The maximum Gasteiger partial charge on any atom is 0.326 e. The predicted octanol–water partition coefficient (Wildman–Crippen LogP) is 2.21. The number of carbonyl (C=O) groups is 3. The number of benzene rings is 2. The summed E-state index contributed by atoms with van der Waals surface area (Å²) in [6.07, 6.45) is 0. The topological polar surface area (TPSA) is 75.7 Å². The average Bonchev–Trinajstić information content (AvgIpc) is 3.16. The van der Waals surface area contributed by atoms with Gasteiger partial charge in [-0.25, -0.2) is 9.29 Å². The molecule has 2 aromatic rings. The van der Waals surface area contributed by atoms with Crippen molar-refractivity contribution in [2.24, 2.45) is 11.8 Å². The van der Waals surface area contributed by atoms with Gasteiger partial charge in [0.05, 0.1) is 24.6 Å². The van der Waals surface area contributed by atoms with Crippen molar-refractivity contribution in [2.45, 2.75) is 18.5 Å². The number of ether oxygens (including phenoxy) is 1. The lowest BCUT2D eigenvalue weighted by Gasteiger charge is -2.28. The third-order valence-corrected chi connectivity index (χ3v) is 5.65. The molecule has 4 rings (SSSR count). The van der Waals surface area contributed by atoms with Crippen molar-refractivity contribution in [3.8, 4) is 0 Å². The number of para-hydroxylation sites is 1. The quantitative estimate of drug-likeness (QED) is 0.651. The SMILES string of the molecule is COC(=O)[C@]1(C)N[C@H](c2ccccc2F)[C@@H]2C(=O)N(c3ccccc3)C(=O)[C@H]21. The third-order valence-electron chi connectivity index (χ3n) is 5.65. The minimum atomic E-state index is -1.46. The second-order valence-corrected chi connectivity index (χ2v) is 7.19. The number of hydrogen-bond donors (Lipinski definition) is 1. The van der Waals surface area contributed by atoms with Crippen LogP contribution >= 0.6 is 0 Å². The maximum absolute atomic E-state index is 14.5. The highest BCUT2D eigenvalue weighted by Gasteiger charge is 2.67. The minimum Gasteiger partial charge on any atom is -0.468 e. The Morgan fingerprint density at radius 1 is 1.07 bits per heavy atom. The summed E-state index contributed by atoms with van der Waals surface area (Å²) in [5.74, 6) is -4.07. The molecule has 1 N–H and O–H groups in total. The van der Waals surface area contributed by atoms with Gasteiger partial charge in [-0.05, 0) is 25.1 Å². The highest BCUT2D eigenvalue weighted by atomic mass is 19.1. The van der Waals surface area contributed by atoms with Crippen molar-refractivity contribution in [3.63, 3.8) is 0 Å². The Hall–Kier alpha value is -3.06. The van der Waals surface area contributed by atoms with E-state index in [1.165, 1.54) is 20.1 Å². The summed E-state index contributed by atoms with van der Waals surface area (Å²) < 4.78 is 19.4. The Balaban J connectivity index is 1.85. The number of halogens is 1. The lowest BCUT2D eigenvalue weighted by molar-refractivity contribution is -0.151. The van der Waals surface area contributed by atoms with Crippen molar-refractivity contribution in [3.05, 3.63) is 66.0 Å². The van der Waals surface area contributed by atoms with Gasteiger partial charge >= 0.3 is 5.97 Å². The van der Waals surface area contributed by atoms with E-state index in [0.29, 0.717) is 5.69 Å². The molecule has 2 saturated heterocycles. The van der Waals surface area contributed by atoms with Gasteiger partial charge in [-0.15, -0.1) is 0 Å². The van der Waals surface area contributed by atoms with Crippen LogP contribution in [-0.4, -0.2) is 30.4 Å². The number of nitrogens with zero attached hydrogens (tertiary/aromatic N) is 1. The fourth-order valence-electron chi connectivity index (χ4n) is 4.36. The maximum atomic E-state index is 14.5. The van der Waals surface area contributed by atoms with Gasteiger partial charge in [-0.2, -0.15) is 0 Å². The molecule has 0 bridgehead atoms. The monoisotopic (exact) mass is 382 g/mol. The first-order chi connectivity index (χ1) is 13.4. The first-order valence-electron chi connectivity index (χ1n) is 8.93. The van der Waals surface area contributed by atoms with Crippen molar-refractivity contribution < 1.29 is 23.5 Å². The van der Waals surface area contributed by atoms with E-state index in [4.69, 9.17) is 4.74 Å². The molecule has 2 fully saturated rings. The molecule has 2 aromatic carbocycles. The van der Waals surface area contributed by atoms with Crippen LogP contribution in [-0.2, 0) is 19.1 Å². The van der Waals surface area contributed by atoms with Gasteiger partial charge in [0.1, 0.15) is 11.4 Å². The Bertz CT molecular complexity index is 964. The lowest BCUT2D eigenvalue weighted by atomic mass is 9.80.